The van der Waals surface area contributed by atoms with Gasteiger partial charge in [0.05, 0.1) is 12.3 Å². The van der Waals surface area contributed by atoms with Crippen LogP contribution in [0.2, 0.25) is 0 Å². The lowest BCUT2D eigenvalue weighted by Crippen LogP contribution is -2.51. The van der Waals surface area contributed by atoms with Crippen LogP contribution in [0.3, 0.4) is 0 Å². The molecule has 0 spiro atoms. The van der Waals surface area contributed by atoms with E-state index in [0.717, 1.165) is 12.6 Å². The first-order valence-corrected chi connectivity index (χ1v) is 6.30. The molecule has 18 heavy (non-hydrogen) atoms. The first-order valence-electron chi connectivity index (χ1n) is 6.30. The molecule has 0 fully saturated rings. The zero-order valence-corrected chi connectivity index (χ0v) is 10.7. The fourth-order valence-electron chi connectivity index (χ4n) is 2.62. The number of carbonyl (C=O) groups excluding carboxylic acids is 1. The van der Waals surface area contributed by atoms with E-state index in [9.17, 15) is 9.90 Å². The number of nitrogens with zero attached hydrogens (tertiary/aromatic N) is 1. The van der Waals surface area contributed by atoms with E-state index in [1.807, 2.05) is 4.81 Å². The van der Waals surface area contributed by atoms with Crippen LogP contribution in [0.1, 0.15) is 16.7 Å². The molecule has 5 heteroatoms. The molecule has 0 saturated heterocycles. The van der Waals surface area contributed by atoms with Crippen LogP contribution in [-0.2, 0) is 17.8 Å². The molecule has 1 heterocycles. The fraction of sp³-hybridized carbons (Fsp3) is 0.462. The number of aliphatic hydroxyl groups excluding tert-OH is 1. The van der Waals surface area contributed by atoms with Gasteiger partial charge in [0, 0.05) is 19.1 Å². The Labute approximate surface area is 108 Å². The molecule has 96 valence electrons. The summed E-state index contributed by atoms with van der Waals surface area (Å²) in [6, 6.07) is 6.28. The predicted octanol–water partition coefficient (Wildman–Crippen LogP) is -0.417. The molecule has 3 N–H and O–H groups in total. The summed E-state index contributed by atoms with van der Waals surface area (Å²) < 4.78 is 0. The van der Waals surface area contributed by atoms with Gasteiger partial charge in [-0.25, -0.2) is 0 Å². The lowest BCUT2D eigenvalue weighted by Gasteiger charge is -2.38. The molecule has 0 bridgehead atoms. The quantitative estimate of drug-likeness (QED) is 0.559. The third-order valence-electron chi connectivity index (χ3n) is 3.63. The SMILES string of the molecule is Cc1ccc2c(c1)CN(BC=O)[C@@H]([C@@H](O)CN)C2. The summed E-state index contributed by atoms with van der Waals surface area (Å²) in [7, 11) is 0.342. The average Bonchev–Trinajstić information content (AvgIpc) is 2.37. The smallest absolute Gasteiger partial charge is 0.281 e. The second-order valence-corrected chi connectivity index (χ2v) is 4.94. The number of rotatable bonds is 4. The van der Waals surface area contributed by atoms with Crippen molar-refractivity contribution >= 4 is 13.6 Å². The number of nitrogens with two attached hydrogens (primary N) is 1. The molecule has 0 aromatic heterocycles. The Balaban J connectivity index is 2.27. The van der Waals surface area contributed by atoms with Gasteiger partial charge in [-0.2, -0.15) is 0 Å². The van der Waals surface area contributed by atoms with Gasteiger partial charge >= 0.3 is 0 Å². The van der Waals surface area contributed by atoms with Gasteiger partial charge in [0.1, 0.15) is 0 Å². The van der Waals surface area contributed by atoms with Crippen LogP contribution in [0.25, 0.3) is 0 Å². The van der Waals surface area contributed by atoms with E-state index in [2.05, 4.69) is 25.1 Å². The van der Waals surface area contributed by atoms with Crippen molar-refractivity contribution in [2.75, 3.05) is 6.54 Å². The molecule has 0 amide bonds. The molecule has 0 radical (unpaired) electrons. The van der Waals surface area contributed by atoms with Gasteiger partial charge in [0.2, 0.25) is 0 Å². The van der Waals surface area contributed by atoms with Crippen molar-refractivity contribution < 1.29 is 9.90 Å². The number of fused-ring (bicyclic) bond motifs is 1. The maximum Gasteiger partial charge on any atom is 0.281 e. The minimum atomic E-state index is -0.584. The molecule has 0 saturated carbocycles. The predicted molar refractivity (Wildman–Crippen MR) is 73.2 cm³/mol. The van der Waals surface area contributed by atoms with Crippen molar-refractivity contribution in [1.29, 1.82) is 0 Å². The molecule has 1 aliphatic rings. The summed E-state index contributed by atoms with van der Waals surface area (Å²) in [6.45, 7) is 2.99. The molecule has 2 rings (SSSR count). The monoisotopic (exact) mass is 246 g/mol. The molecule has 1 aromatic carbocycles. The highest BCUT2D eigenvalue weighted by Crippen LogP contribution is 2.25. The standard InChI is InChI=1S/C13H19BN2O2/c1-9-2-3-10-5-12(13(18)6-15)16(14-8-17)7-11(10)4-9/h2-4,8,12-14,18H,5-7,15H2,1H3/t12-,13+/m1/s1. The largest absolute Gasteiger partial charge is 0.390 e. The van der Waals surface area contributed by atoms with E-state index < -0.39 is 6.10 Å². The highest BCUT2D eigenvalue weighted by atomic mass is 16.3. The lowest BCUT2D eigenvalue weighted by molar-refractivity contribution is 0.0877. The summed E-state index contributed by atoms with van der Waals surface area (Å²) in [5.41, 5.74) is 9.26. The summed E-state index contributed by atoms with van der Waals surface area (Å²) in [5.74, 6) is 0. The van der Waals surface area contributed by atoms with Crippen LogP contribution in [-0.4, -0.2) is 42.2 Å². The minimum Gasteiger partial charge on any atom is -0.390 e. The minimum absolute atomic E-state index is 0.0598. The Morgan fingerprint density at radius 3 is 3.06 bits per heavy atom. The van der Waals surface area contributed by atoms with Gasteiger partial charge in [-0.05, 0) is 24.5 Å². The van der Waals surface area contributed by atoms with Crippen molar-refractivity contribution in [3.63, 3.8) is 0 Å². The third kappa shape index (κ3) is 2.63. The topological polar surface area (TPSA) is 66.6 Å². The summed E-state index contributed by atoms with van der Waals surface area (Å²) in [6.07, 6.45) is 1.05. The van der Waals surface area contributed by atoms with E-state index >= 15 is 0 Å². The zero-order valence-electron chi connectivity index (χ0n) is 10.7. The van der Waals surface area contributed by atoms with Crippen LogP contribution >= 0.6 is 0 Å². The Morgan fingerprint density at radius 2 is 2.39 bits per heavy atom. The van der Waals surface area contributed by atoms with Crippen LogP contribution < -0.4 is 5.73 Å². The Hall–Kier alpha value is -1.17. The number of aryl methyl sites for hydroxylation is 1. The number of carbonyl (C=O) groups is 1. The molecule has 4 nitrogen and oxygen atoms in total. The van der Waals surface area contributed by atoms with Crippen molar-refractivity contribution in [3.8, 4) is 0 Å². The molecular formula is C13H19BN2O2. The maximum absolute atomic E-state index is 10.8. The third-order valence-corrected chi connectivity index (χ3v) is 3.63. The number of hydrogen-bond donors (Lipinski definition) is 2. The van der Waals surface area contributed by atoms with Crippen LogP contribution in [0, 0.1) is 6.92 Å². The van der Waals surface area contributed by atoms with Gasteiger partial charge in [0.15, 0.2) is 0 Å². The van der Waals surface area contributed by atoms with Crippen molar-refractivity contribution in [1.82, 2.24) is 4.81 Å². The first kappa shape index (κ1) is 13.3. The lowest BCUT2D eigenvalue weighted by atomic mass is 9.81. The average molecular weight is 246 g/mol. The van der Waals surface area contributed by atoms with Crippen LogP contribution in [0.4, 0.5) is 0 Å². The van der Waals surface area contributed by atoms with Crippen LogP contribution in [0.5, 0.6) is 0 Å². The van der Waals surface area contributed by atoms with E-state index in [-0.39, 0.29) is 12.6 Å². The second-order valence-electron chi connectivity index (χ2n) is 4.94. The molecule has 0 aliphatic carbocycles. The molecule has 0 unspecified atom stereocenters. The summed E-state index contributed by atoms with van der Waals surface area (Å²) in [5, 5.41) is 9.98. The van der Waals surface area contributed by atoms with Crippen molar-refractivity contribution in [2.24, 2.45) is 5.73 Å². The van der Waals surface area contributed by atoms with Crippen molar-refractivity contribution in [2.45, 2.75) is 32.0 Å². The zero-order chi connectivity index (χ0) is 13.1. The van der Waals surface area contributed by atoms with Crippen molar-refractivity contribution in [3.05, 3.63) is 34.9 Å². The summed E-state index contributed by atoms with van der Waals surface area (Å²) >= 11 is 0. The van der Waals surface area contributed by atoms with E-state index in [1.54, 1.807) is 0 Å². The molecule has 1 aromatic rings. The van der Waals surface area contributed by atoms with E-state index in [0.29, 0.717) is 14.0 Å². The van der Waals surface area contributed by atoms with Gasteiger partial charge < -0.3 is 20.4 Å². The second kappa shape index (κ2) is 5.65. The molecule has 2 atom stereocenters. The fourth-order valence-corrected chi connectivity index (χ4v) is 2.62. The van der Waals surface area contributed by atoms with Gasteiger partial charge in [0.25, 0.3) is 7.41 Å². The summed E-state index contributed by atoms with van der Waals surface area (Å²) in [4.78, 5) is 12.8. The normalized spacial score (nSPS) is 21.2. The van der Waals surface area contributed by atoms with Gasteiger partial charge in [-0.3, -0.25) is 0 Å². The van der Waals surface area contributed by atoms with Gasteiger partial charge in [-0.15, -0.1) is 0 Å². The van der Waals surface area contributed by atoms with E-state index in [4.69, 9.17) is 5.73 Å². The highest BCUT2D eigenvalue weighted by Gasteiger charge is 2.30. The van der Waals surface area contributed by atoms with E-state index in [1.165, 1.54) is 16.7 Å². The van der Waals surface area contributed by atoms with Crippen LogP contribution in [0.15, 0.2) is 18.2 Å². The molecular weight excluding hydrogens is 227 g/mol. The number of benzene rings is 1. The maximum atomic E-state index is 10.8. The Morgan fingerprint density at radius 1 is 1.61 bits per heavy atom. The Kier molecular flexibility index (Phi) is 4.17. The Bertz CT molecular complexity index is 439. The molecule has 1 aliphatic heterocycles. The first-order chi connectivity index (χ1) is 8.65. The number of aliphatic hydroxyl groups is 1. The highest BCUT2D eigenvalue weighted by molar-refractivity contribution is 6.64. The number of hydrogen-bond acceptors (Lipinski definition) is 4. The van der Waals surface area contributed by atoms with Gasteiger partial charge in [-0.1, -0.05) is 23.8 Å².